The Hall–Kier alpha value is -1.73. The van der Waals surface area contributed by atoms with E-state index in [1.165, 1.54) is 0 Å². The van der Waals surface area contributed by atoms with Crippen LogP contribution < -0.4 is 4.72 Å². The van der Waals surface area contributed by atoms with Crippen molar-refractivity contribution < 1.29 is 12.9 Å². The van der Waals surface area contributed by atoms with E-state index in [0.717, 1.165) is 11.1 Å². The highest BCUT2D eigenvalue weighted by atomic mass is 32.2. The second kappa shape index (κ2) is 6.05. The topological polar surface area (TPSA) is 85.1 Å². The van der Waals surface area contributed by atoms with Gasteiger partial charge in [-0.1, -0.05) is 32.0 Å². The van der Waals surface area contributed by atoms with Crippen LogP contribution in [0.25, 0.3) is 0 Å². The minimum absolute atomic E-state index is 0.225. The van der Waals surface area contributed by atoms with Crippen LogP contribution in [0, 0.1) is 13.8 Å². The number of nitrogens with zero attached hydrogens (tertiary/aromatic N) is 2. The molecule has 0 aliphatic heterocycles. The Morgan fingerprint density at radius 3 is 2.35 bits per heavy atom. The average molecular weight is 337 g/mol. The van der Waals surface area contributed by atoms with Gasteiger partial charge in [0.25, 0.3) is 0 Å². The quantitative estimate of drug-likeness (QED) is 0.927. The molecule has 0 saturated carbocycles. The number of benzene rings is 1. The van der Waals surface area contributed by atoms with Gasteiger partial charge in [-0.25, -0.2) is 8.42 Å². The number of nitrogens with one attached hydrogen (secondary N) is 1. The van der Waals surface area contributed by atoms with E-state index in [1.54, 1.807) is 25.1 Å². The molecule has 2 aromatic rings. The number of hydrogen-bond donors (Lipinski definition) is 1. The maximum absolute atomic E-state index is 12.5. The first-order valence-corrected chi connectivity index (χ1v) is 8.92. The second-order valence-corrected chi connectivity index (χ2v) is 8.51. The van der Waals surface area contributed by atoms with Crippen molar-refractivity contribution in [1.82, 2.24) is 14.9 Å². The Balaban J connectivity index is 2.23. The van der Waals surface area contributed by atoms with E-state index in [0.29, 0.717) is 5.82 Å². The van der Waals surface area contributed by atoms with Crippen molar-refractivity contribution in [2.75, 3.05) is 0 Å². The van der Waals surface area contributed by atoms with Gasteiger partial charge in [0.2, 0.25) is 15.9 Å². The summed E-state index contributed by atoms with van der Waals surface area (Å²) in [5, 5.41) is 3.92. The normalized spacial score (nSPS) is 14.0. The molecule has 0 spiro atoms. The molecule has 1 heterocycles. The van der Waals surface area contributed by atoms with E-state index in [4.69, 9.17) is 4.52 Å². The van der Waals surface area contributed by atoms with Crippen LogP contribution in [0.1, 0.15) is 56.6 Å². The third-order valence-corrected chi connectivity index (χ3v) is 5.14. The van der Waals surface area contributed by atoms with Crippen LogP contribution in [0.5, 0.6) is 0 Å². The van der Waals surface area contributed by atoms with E-state index >= 15 is 0 Å². The largest absolute Gasteiger partial charge is 0.338 e. The lowest BCUT2D eigenvalue weighted by molar-refractivity contribution is 0.343. The number of sulfonamides is 1. The predicted molar refractivity (Wildman–Crippen MR) is 87.7 cm³/mol. The highest BCUT2D eigenvalue weighted by molar-refractivity contribution is 7.89. The van der Waals surface area contributed by atoms with E-state index in [2.05, 4.69) is 14.9 Å². The van der Waals surface area contributed by atoms with Gasteiger partial charge in [0.15, 0.2) is 5.82 Å². The molecule has 0 bridgehead atoms. The molecule has 126 valence electrons. The first-order chi connectivity index (χ1) is 10.5. The van der Waals surface area contributed by atoms with Crippen LogP contribution in [0.15, 0.2) is 27.6 Å². The molecule has 0 aliphatic rings. The summed E-state index contributed by atoms with van der Waals surface area (Å²) >= 11 is 0. The first kappa shape index (κ1) is 17.6. The smallest absolute Gasteiger partial charge is 0.244 e. The van der Waals surface area contributed by atoms with Crippen molar-refractivity contribution in [2.45, 2.75) is 57.9 Å². The Morgan fingerprint density at radius 2 is 1.83 bits per heavy atom. The third kappa shape index (κ3) is 3.97. The van der Waals surface area contributed by atoms with Gasteiger partial charge in [-0.05, 0) is 44.0 Å². The zero-order chi connectivity index (χ0) is 17.4. The maximum atomic E-state index is 12.5. The molecule has 0 saturated heterocycles. The minimum Gasteiger partial charge on any atom is -0.338 e. The van der Waals surface area contributed by atoms with Crippen LogP contribution in [0.2, 0.25) is 0 Å². The van der Waals surface area contributed by atoms with Crippen LogP contribution >= 0.6 is 0 Å². The Morgan fingerprint density at radius 1 is 1.17 bits per heavy atom. The van der Waals surface area contributed by atoms with Gasteiger partial charge in [-0.2, -0.15) is 9.71 Å². The first-order valence-electron chi connectivity index (χ1n) is 7.44. The lowest BCUT2D eigenvalue weighted by Gasteiger charge is -2.13. The van der Waals surface area contributed by atoms with E-state index in [1.807, 2.05) is 34.6 Å². The highest BCUT2D eigenvalue weighted by Crippen LogP contribution is 2.22. The molecule has 1 aromatic carbocycles. The highest BCUT2D eigenvalue weighted by Gasteiger charge is 2.26. The summed E-state index contributed by atoms with van der Waals surface area (Å²) in [6, 6.07) is 4.43. The van der Waals surface area contributed by atoms with Crippen LogP contribution in [-0.4, -0.2) is 18.6 Å². The molecule has 23 heavy (non-hydrogen) atoms. The van der Waals surface area contributed by atoms with E-state index < -0.39 is 16.1 Å². The molecule has 1 unspecified atom stereocenters. The van der Waals surface area contributed by atoms with Gasteiger partial charge in [-0.3, -0.25) is 0 Å². The Bertz CT molecular complexity index is 804. The van der Waals surface area contributed by atoms with Crippen LogP contribution in [0.3, 0.4) is 0 Å². The number of aryl methyl sites for hydroxylation is 2. The summed E-state index contributed by atoms with van der Waals surface area (Å²) in [4.78, 5) is 4.51. The van der Waals surface area contributed by atoms with Gasteiger partial charge >= 0.3 is 0 Å². The summed E-state index contributed by atoms with van der Waals surface area (Å²) in [5.74, 6) is 0.798. The predicted octanol–water partition coefficient (Wildman–Crippen LogP) is 3.02. The SMILES string of the molecule is Cc1ccc(S(=O)(=O)NC(C)c2nc(C(C)(C)C)no2)cc1C. The average Bonchev–Trinajstić information content (AvgIpc) is 2.91. The fraction of sp³-hybridized carbons (Fsp3) is 0.500. The molecule has 2 rings (SSSR count). The molecule has 1 N–H and O–H groups in total. The monoisotopic (exact) mass is 337 g/mol. The van der Waals surface area contributed by atoms with Gasteiger partial charge < -0.3 is 4.52 Å². The summed E-state index contributed by atoms with van der Waals surface area (Å²) in [6.07, 6.45) is 0. The Kier molecular flexibility index (Phi) is 4.64. The lowest BCUT2D eigenvalue weighted by atomic mass is 9.96. The third-order valence-electron chi connectivity index (χ3n) is 3.60. The number of rotatable bonds is 4. The number of aromatic nitrogens is 2. The van der Waals surface area contributed by atoms with Crippen LogP contribution in [-0.2, 0) is 15.4 Å². The molecular weight excluding hydrogens is 314 g/mol. The second-order valence-electron chi connectivity index (χ2n) is 6.80. The zero-order valence-electron chi connectivity index (χ0n) is 14.3. The Labute approximate surface area is 137 Å². The molecule has 0 radical (unpaired) electrons. The van der Waals surface area contributed by atoms with Gasteiger partial charge in [0.1, 0.15) is 0 Å². The summed E-state index contributed by atoms with van der Waals surface area (Å²) in [7, 11) is -3.65. The fourth-order valence-electron chi connectivity index (χ4n) is 1.95. The number of hydrogen-bond acceptors (Lipinski definition) is 5. The van der Waals surface area contributed by atoms with Crippen LogP contribution in [0.4, 0.5) is 0 Å². The van der Waals surface area contributed by atoms with Crippen molar-refractivity contribution in [2.24, 2.45) is 0 Å². The molecule has 0 aliphatic carbocycles. The lowest BCUT2D eigenvalue weighted by Crippen LogP contribution is -2.27. The summed E-state index contributed by atoms with van der Waals surface area (Å²) in [6.45, 7) is 11.4. The van der Waals surface area contributed by atoms with Gasteiger partial charge in [-0.15, -0.1) is 0 Å². The molecule has 6 nitrogen and oxygen atoms in total. The van der Waals surface area contributed by atoms with Crippen molar-refractivity contribution in [3.63, 3.8) is 0 Å². The van der Waals surface area contributed by atoms with Crippen molar-refractivity contribution in [1.29, 1.82) is 0 Å². The molecule has 0 amide bonds. The molecule has 7 heteroatoms. The van der Waals surface area contributed by atoms with Crippen molar-refractivity contribution >= 4 is 10.0 Å². The van der Waals surface area contributed by atoms with Crippen molar-refractivity contribution in [3.8, 4) is 0 Å². The maximum Gasteiger partial charge on any atom is 0.244 e. The van der Waals surface area contributed by atoms with Gasteiger partial charge in [0.05, 0.1) is 10.9 Å². The van der Waals surface area contributed by atoms with E-state index in [9.17, 15) is 8.42 Å². The molecule has 0 fully saturated rings. The van der Waals surface area contributed by atoms with Gasteiger partial charge in [0, 0.05) is 5.41 Å². The molecule has 1 atom stereocenters. The van der Waals surface area contributed by atoms with E-state index in [-0.39, 0.29) is 16.2 Å². The minimum atomic E-state index is -3.65. The molecule has 1 aromatic heterocycles. The standard InChI is InChI=1S/C16H23N3O3S/c1-10-7-8-13(9-11(10)2)23(20,21)19-12(3)14-17-15(18-22-14)16(4,5)6/h7-9,12,19H,1-6H3. The zero-order valence-corrected chi connectivity index (χ0v) is 15.2. The molecular formula is C16H23N3O3S. The fourth-order valence-corrected chi connectivity index (χ4v) is 3.23. The summed E-state index contributed by atoms with van der Waals surface area (Å²) < 4.78 is 32.7. The van der Waals surface area contributed by atoms with Crippen molar-refractivity contribution in [3.05, 3.63) is 41.0 Å². The summed E-state index contributed by atoms with van der Waals surface area (Å²) in [5.41, 5.74) is 1.71.